The zero-order chi connectivity index (χ0) is 16.0. The first-order valence-corrected chi connectivity index (χ1v) is 8.76. The smallest absolute Gasteiger partial charge is 0.255 e. The molecule has 0 saturated heterocycles. The van der Waals surface area contributed by atoms with Gasteiger partial charge in [0.2, 0.25) is 5.91 Å². The van der Waals surface area contributed by atoms with Gasteiger partial charge in [-0.3, -0.25) is 14.3 Å². The van der Waals surface area contributed by atoms with Crippen molar-refractivity contribution in [1.29, 1.82) is 0 Å². The molecule has 1 aliphatic heterocycles. The Balaban J connectivity index is 1.51. The molecular weight excluding hydrogens is 292 g/mol. The molecule has 1 aromatic heterocycles. The van der Waals surface area contributed by atoms with E-state index in [0.717, 1.165) is 50.9 Å². The molecule has 2 fully saturated rings. The maximum Gasteiger partial charge on any atom is 0.255 e. The van der Waals surface area contributed by atoms with Gasteiger partial charge < -0.3 is 10.2 Å². The molecule has 6 heteroatoms. The number of nitrogens with zero attached hydrogens (tertiary/aromatic N) is 3. The SMILES string of the molecule is CC1CC(C(=O)N2CCCn3ncc(C(=O)NC4CC4)c3C2)C1. The van der Waals surface area contributed by atoms with Crippen molar-refractivity contribution in [3.63, 3.8) is 0 Å². The zero-order valence-electron chi connectivity index (χ0n) is 13.6. The second-order valence-electron chi connectivity index (χ2n) is 7.36. The number of hydrogen-bond donors (Lipinski definition) is 1. The lowest BCUT2D eigenvalue weighted by molar-refractivity contribution is -0.140. The van der Waals surface area contributed by atoms with Gasteiger partial charge in [-0.25, -0.2) is 0 Å². The van der Waals surface area contributed by atoms with Crippen LogP contribution in [0.15, 0.2) is 6.20 Å². The quantitative estimate of drug-likeness (QED) is 0.920. The lowest BCUT2D eigenvalue weighted by Crippen LogP contribution is -2.41. The highest BCUT2D eigenvalue weighted by Gasteiger charge is 2.36. The van der Waals surface area contributed by atoms with Gasteiger partial charge in [0.15, 0.2) is 0 Å². The number of amides is 2. The Labute approximate surface area is 136 Å². The van der Waals surface area contributed by atoms with E-state index in [1.165, 1.54) is 0 Å². The van der Waals surface area contributed by atoms with Crippen molar-refractivity contribution in [2.45, 2.75) is 58.2 Å². The lowest BCUT2D eigenvalue weighted by atomic mass is 9.75. The predicted molar refractivity (Wildman–Crippen MR) is 84.6 cm³/mol. The van der Waals surface area contributed by atoms with E-state index in [1.54, 1.807) is 6.20 Å². The standard InChI is InChI=1S/C17H24N4O2/c1-11-7-12(8-11)17(23)20-5-2-6-21-15(10-20)14(9-18-21)16(22)19-13-3-4-13/h9,11-13H,2-8,10H2,1H3,(H,19,22). The van der Waals surface area contributed by atoms with Crippen molar-refractivity contribution in [3.05, 3.63) is 17.5 Å². The van der Waals surface area contributed by atoms with Crippen LogP contribution in [-0.4, -0.2) is 39.1 Å². The van der Waals surface area contributed by atoms with Crippen molar-refractivity contribution in [2.75, 3.05) is 6.54 Å². The van der Waals surface area contributed by atoms with E-state index in [2.05, 4.69) is 17.3 Å². The maximum absolute atomic E-state index is 12.7. The Kier molecular flexibility index (Phi) is 3.62. The van der Waals surface area contributed by atoms with Gasteiger partial charge in [-0.1, -0.05) is 6.92 Å². The fourth-order valence-corrected chi connectivity index (χ4v) is 3.67. The summed E-state index contributed by atoms with van der Waals surface area (Å²) in [7, 11) is 0. The molecule has 2 amide bonds. The number of hydrogen-bond acceptors (Lipinski definition) is 3. The second kappa shape index (κ2) is 5.65. The highest BCUT2D eigenvalue weighted by molar-refractivity contribution is 5.95. The summed E-state index contributed by atoms with van der Waals surface area (Å²) in [5, 5.41) is 7.39. The normalized spacial score (nSPS) is 26.9. The molecule has 0 atom stereocenters. The molecule has 124 valence electrons. The molecule has 1 N–H and O–H groups in total. The molecule has 2 saturated carbocycles. The average Bonchev–Trinajstić information content (AvgIpc) is 3.26. The summed E-state index contributed by atoms with van der Waals surface area (Å²) in [6.07, 6.45) is 6.70. The molecule has 0 bridgehead atoms. The molecule has 23 heavy (non-hydrogen) atoms. The van der Waals surface area contributed by atoms with Crippen LogP contribution in [0.25, 0.3) is 0 Å². The highest BCUT2D eigenvalue weighted by atomic mass is 16.2. The number of aromatic nitrogens is 2. The van der Waals surface area contributed by atoms with Gasteiger partial charge >= 0.3 is 0 Å². The van der Waals surface area contributed by atoms with Gasteiger partial charge in [0.1, 0.15) is 0 Å². The van der Waals surface area contributed by atoms with Gasteiger partial charge in [0, 0.05) is 25.0 Å². The molecule has 3 aliphatic rings. The lowest BCUT2D eigenvalue weighted by Gasteiger charge is -2.35. The van der Waals surface area contributed by atoms with E-state index in [1.807, 2.05) is 9.58 Å². The van der Waals surface area contributed by atoms with E-state index in [-0.39, 0.29) is 17.7 Å². The van der Waals surface area contributed by atoms with Crippen LogP contribution in [0.2, 0.25) is 0 Å². The van der Waals surface area contributed by atoms with Crippen LogP contribution < -0.4 is 5.32 Å². The van der Waals surface area contributed by atoms with Crippen molar-refractivity contribution in [2.24, 2.45) is 11.8 Å². The van der Waals surface area contributed by atoms with Crippen LogP contribution in [0.3, 0.4) is 0 Å². The van der Waals surface area contributed by atoms with Crippen molar-refractivity contribution in [1.82, 2.24) is 20.0 Å². The van der Waals surface area contributed by atoms with Gasteiger partial charge in [-0.05, 0) is 38.0 Å². The number of carbonyl (C=O) groups is 2. The first-order valence-electron chi connectivity index (χ1n) is 8.76. The minimum atomic E-state index is -0.0414. The van der Waals surface area contributed by atoms with E-state index in [9.17, 15) is 9.59 Å². The van der Waals surface area contributed by atoms with E-state index in [4.69, 9.17) is 0 Å². The van der Waals surface area contributed by atoms with Gasteiger partial charge in [-0.15, -0.1) is 0 Å². The van der Waals surface area contributed by atoms with E-state index in [0.29, 0.717) is 24.1 Å². The third-order valence-electron chi connectivity index (χ3n) is 5.28. The van der Waals surface area contributed by atoms with Crippen molar-refractivity contribution in [3.8, 4) is 0 Å². The molecule has 0 aromatic carbocycles. The summed E-state index contributed by atoms with van der Waals surface area (Å²) >= 11 is 0. The first kappa shape index (κ1) is 14.7. The molecule has 2 heterocycles. The summed E-state index contributed by atoms with van der Waals surface area (Å²) in [6.45, 7) is 4.24. The average molecular weight is 316 g/mol. The Morgan fingerprint density at radius 2 is 2.04 bits per heavy atom. The summed E-state index contributed by atoms with van der Waals surface area (Å²) < 4.78 is 1.90. The number of rotatable bonds is 3. The highest BCUT2D eigenvalue weighted by Crippen LogP contribution is 2.35. The van der Waals surface area contributed by atoms with Gasteiger partial charge in [0.25, 0.3) is 5.91 Å². The second-order valence-corrected chi connectivity index (χ2v) is 7.36. The summed E-state index contributed by atoms with van der Waals surface area (Å²) in [4.78, 5) is 27.0. The Bertz CT molecular complexity index is 629. The van der Waals surface area contributed by atoms with E-state index >= 15 is 0 Å². The summed E-state index contributed by atoms with van der Waals surface area (Å²) in [5.74, 6) is 1.07. The molecular formula is C17H24N4O2. The first-order chi connectivity index (χ1) is 11.1. The molecule has 6 nitrogen and oxygen atoms in total. The number of fused-ring (bicyclic) bond motifs is 1. The fourth-order valence-electron chi connectivity index (χ4n) is 3.67. The van der Waals surface area contributed by atoms with Crippen molar-refractivity contribution < 1.29 is 9.59 Å². The van der Waals surface area contributed by atoms with Crippen LogP contribution in [0.4, 0.5) is 0 Å². The Hall–Kier alpha value is -1.85. The largest absolute Gasteiger partial charge is 0.349 e. The van der Waals surface area contributed by atoms with Crippen molar-refractivity contribution >= 4 is 11.8 Å². The van der Waals surface area contributed by atoms with Crippen LogP contribution in [0, 0.1) is 11.8 Å². The van der Waals surface area contributed by atoms with E-state index < -0.39 is 0 Å². The third-order valence-corrected chi connectivity index (χ3v) is 5.28. The van der Waals surface area contributed by atoms with Crippen LogP contribution in [0.5, 0.6) is 0 Å². The summed E-state index contributed by atoms with van der Waals surface area (Å²) in [6, 6.07) is 0.332. The van der Waals surface area contributed by atoms with Gasteiger partial charge in [-0.2, -0.15) is 5.10 Å². The van der Waals surface area contributed by atoms with Crippen LogP contribution >= 0.6 is 0 Å². The Morgan fingerprint density at radius 1 is 1.26 bits per heavy atom. The predicted octanol–water partition coefficient (Wildman–Crippen LogP) is 1.55. The molecule has 0 spiro atoms. The minimum absolute atomic E-state index is 0.0414. The van der Waals surface area contributed by atoms with Crippen LogP contribution in [0.1, 0.15) is 55.1 Å². The minimum Gasteiger partial charge on any atom is -0.349 e. The number of carbonyl (C=O) groups excluding carboxylic acids is 2. The third kappa shape index (κ3) is 2.86. The van der Waals surface area contributed by atoms with Gasteiger partial charge in [0.05, 0.1) is 24.0 Å². The zero-order valence-corrected chi connectivity index (χ0v) is 13.6. The topological polar surface area (TPSA) is 67.2 Å². The molecule has 0 unspecified atom stereocenters. The molecule has 2 aliphatic carbocycles. The monoisotopic (exact) mass is 316 g/mol. The van der Waals surface area contributed by atoms with Crippen LogP contribution in [-0.2, 0) is 17.9 Å². The molecule has 0 radical (unpaired) electrons. The number of aryl methyl sites for hydroxylation is 1. The molecule has 1 aromatic rings. The maximum atomic E-state index is 12.7. The fraction of sp³-hybridized carbons (Fsp3) is 0.706. The molecule has 4 rings (SSSR count). The number of nitrogens with one attached hydrogen (secondary N) is 1. The Morgan fingerprint density at radius 3 is 2.74 bits per heavy atom. The summed E-state index contributed by atoms with van der Waals surface area (Å²) in [5.41, 5.74) is 1.53.